The van der Waals surface area contributed by atoms with E-state index in [1.165, 1.54) is 17.7 Å². The summed E-state index contributed by atoms with van der Waals surface area (Å²) in [5.74, 6) is -0.516. The minimum atomic E-state index is -0.580. The molecule has 1 aromatic carbocycles. The molecule has 0 spiro atoms. The molecule has 0 radical (unpaired) electrons. The number of aliphatic imine (C=N–C) groups is 1. The van der Waals surface area contributed by atoms with E-state index < -0.39 is 11.6 Å². The van der Waals surface area contributed by atoms with Crippen LogP contribution in [0.4, 0.5) is 8.78 Å². The monoisotopic (exact) mass is 503 g/mol. The van der Waals surface area contributed by atoms with Gasteiger partial charge in [-0.05, 0) is 45.2 Å². The van der Waals surface area contributed by atoms with Gasteiger partial charge in [-0.15, -0.1) is 24.0 Å². The second kappa shape index (κ2) is 10.2. The average molecular weight is 503 g/mol. The number of hydrogen-bond donors (Lipinski definition) is 2. The fraction of sp³-hybridized carbons (Fsp3) is 0.500. The highest BCUT2D eigenvalue weighted by molar-refractivity contribution is 14.0. The van der Waals surface area contributed by atoms with Gasteiger partial charge in [0.1, 0.15) is 11.6 Å². The van der Waals surface area contributed by atoms with Crippen molar-refractivity contribution in [1.29, 1.82) is 0 Å². The van der Waals surface area contributed by atoms with Crippen LogP contribution >= 0.6 is 24.0 Å². The van der Waals surface area contributed by atoms with Gasteiger partial charge in [0.25, 0.3) is 0 Å². The Hall–Kier alpha value is -1.71. The van der Waals surface area contributed by atoms with E-state index in [9.17, 15) is 8.78 Å². The molecule has 0 bridgehead atoms. The molecule has 0 saturated carbocycles. The number of halogens is 3. The Bertz CT molecular complexity index is 819. The van der Waals surface area contributed by atoms with Crippen molar-refractivity contribution in [2.24, 2.45) is 4.99 Å². The maximum Gasteiger partial charge on any atom is 0.191 e. The highest BCUT2D eigenvalue weighted by Gasteiger charge is 2.23. The van der Waals surface area contributed by atoms with Crippen LogP contribution in [0.2, 0.25) is 0 Å². The lowest BCUT2D eigenvalue weighted by atomic mass is 9.94. The zero-order chi connectivity index (χ0) is 19.4. The van der Waals surface area contributed by atoms with Gasteiger partial charge < -0.3 is 10.6 Å². The van der Waals surface area contributed by atoms with Crippen LogP contribution in [0.15, 0.2) is 29.4 Å². The molecule has 1 atom stereocenters. The van der Waals surface area contributed by atoms with E-state index in [2.05, 4.69) is 35.7 Å². The van der Waals surface area contributed by atoms with E-state index in [-0.39, 0.29) is 36.6 Å². The second-order valence-electron chi connectivity index (χ2n) is 7.19. The standard InChI is InChI=1S/C20H27F2N5.HI/c1-4-23-20(24-11-14-5-7-16(21)9-18(14)22)25-17-8-6-15-12-27(13(2)3)26-19(15)10-17;/h5,7,9,12-13,17H,4,6,8,10-11H2,1-3H3,(H2,23,24,25);1H. The number of fused-ring (bicyclic) bond motifs is 1. The Morgan fingerprint density at radius 1 is 1.36 bits per heavy atom. The first-order valence-corrected chi connectivity index (χ1v) is 9.52. The predicted octanol–water partition coefficient (Wildman–Crippen LogP) is 3.97. The van der Waals surface area contributed by atoms with Crippen LogP contribution in [0.3, 0.4) is 0 Å². The van der Waals surface area contributed by atoms with Crippen molar-refractivity contribution in [3.8, 4) is 0 Å². The summed E-state index contributed by atoms with van der Waals surface area (Å²) in [7, 11) is 0. The third-order valence-corrected chi connectivity index (χ3v) is 4.73. The van der Waals surface area contributed by atoms with Gasteiger partial charge in [0.2, 0.25) is 0 Å². The highest BCUT2D eigenvalue weighted by Crippen LogP contribution is 2.21. The van der Waals surface area contributed by atoms with Crippen LogP contribution in [0.5, 0.6) is 0 Å². The molecule has 0 aliphatic heterocycles. The van der Waals surface area contributed by atoms with Gasteiger partial charge in [-0.3, -0.25) is 4.68 Å². The van der Waals surface area contributed by atoms with E-state index >= 15 is 0 Å². The van der Waals surface area contributed by atoms with Crippen LogP contribution < -0.4 is 10.6 Å². The minimum Gasteiger partial charge on any atom is -0.357 e. The number of rotatable bonds is 5. The topological polar surface area (TPSA) is 54.2 Å². The first kappa shape index (κ1) is 22.6. The number of guanidine groups is 1. The fourth-order valence-corrected chi connectivity index (χ4v) is 3.23. The van der Waals surface area contributed by atoms with E-state index in [0.717, 1.165) is 31.0 Å². The summed E-state index contributed by atoms with van der Waals surface area (Å²) in [6.07, 6.45) is 4.95. The summed E-state index contributed by atoms with van der Waals surface area (Å²) in [5.41, 5.74) is 2.82. The molecule has 0 saturated heterocycles. The SMILES string of the molecule is CCNC(=NCc1ccc(F)cc1F)NC1CCc2cn(C(C)C)nc2C1.I. The van der Waals surface area contributed by atoms with E-state index in [1.807, 2.05) is 11.6 Å². The maximum absolute atomic E-state index is 13.8. The van der Waals surface area contributed by atoms with Crippen LogP contribution in [-0.2, 0) is 19.4 Å². The summed E-state index contributed by atoms with van der Waals surface area (Å²) in [5, 5.41) is 11.3. The summed E-state index contributed by atoms with van der Waals surface area (Å²) in [6.45, 7) is 7.09. The molecule has 2 aromatic rings. The predicted molar refractivity (Wildman–Crippen MR) is 118 cm³/mol. The van der Waals surface area contributed by atoms with Gasteiger partial charge in [0, 0.05) is 42.9 Å². The summed E-state index contributed by atoms with van der Waals surface area (Å²) in [4.78, 5) is 4.46. The first-order chi connectivity index (χ1) is 13.0. The normalized spacial score (nSPS) is 16.5. The van der Waals surface area contributed by atoms with Gasteiger partial charge in [-0.2, -0.15) is 5.10 Å². The zero-order valence-electron chi connectivity index (χ0n) is 16.5. The van der Waals surface area contributed by atoms with Crippen molar-refractivity contribution in [3.05, 3.63) is 52.9 Å². The molecule has 28 heavy (non-hydrogen) atoms. The summed E-state index contributed by atoms with van der Waals surface area (Å²) in [6, 6.07) is 4.15. The van der Waals surface area contributed by atoms with Crippen molar-refractivity contribution < 1.29 is 8.78 Å². The molecule has 1 unspecified atom stereocenters. The Morgan fingerprint density at radius 3 is 2.82 bits per heavy atom. The van der Waals surface area contributed by atoms with Crippen molar-refractivity contribution in [2.45, 2.75) is 58.7 Å². The van der Waals surface area contributed by atoms with Crippen molar-refractivity contribution >= 4 is 29.9 Å². The largest absolute Gasteiger partial charge is 0.357 e. The molecule has 154 valence electrons. The molecule has 2 N–H and O–H groups in total. The molecule has 1 heterocycles. The van der Waals surface area contributed by atoms with Crippen LogP contribution in [0.1, 0.15) is 50.1 Å². The van der Waals surface area contributed by atoms with Crippen LogP contribution in [0.25, 0.3) is 0 Å². The number of nitrogens with zero attached hydrogens (tertiary/aromatic N) is 3. The van der Waals surface area contributed by atoms with Crippen molar-refractivity contribution in [2.75, 3.05) is 6.54 Å². The van der Waals surface area contributed by atoms with Gasteiger partial charge in [0.05, 0.1) is 12.2 Å². The molecule has 0 fully saturated rings. The second-order valence-corrected chi connectivity index (χ2v) is 7.19. The Morgan fingerprint density at radius 2 is 2.14 bits per heavy atom. The van der Waals surface area contributed by atoms with Crippen LogP contribution in [0, 0.1) is 11.6 Å². The smallest absolute Gasteiger partial charge is 0.191 e. The van der Waals surface area contributed by atoms with Crippen molar-refractivity contribution in [1.82, 2.24) is 20.4 Å². The first-order valence-electron chi connectivity index (χ1n) is 9.52. The van der Waals surface area contributed by atoms with E-state index in [4.69, 9.17) is 5.10 Å². The number of benzene rings is 1. The molecule has 5 nitrogen and oxygen atoms in total. The average Bonchev–Trinajstić information content (AvgIpc) is 3.05. The molecule has 3 rings (SSSR count). The van der Waals surface area contributed by atoms with Gasteiger partial charge in [-0.1, -0.05) is 6.07 Å². The molecule has 1 aliphatic carbocycles. The summed E-state index contributed by atoms with van der Waals surface area (Å²) < 4.78 is 28.9. The molecular weight excluding hydrogens is 475 g/mol. The van der Waals surface area contributed by atoms with E-state index in [1.54, 1.807) is 0 Å². The number of hydrogen-bond acceptors (Lipinski definition) is 2. The molecule has 1 aromatic heterocycles. The minimum absolute atomic E-state index is 0. The lowest BCUT2D eigenvalue weighted by Gasteiger charge is -2.24. The molecule has 0 amide bonds. The van der Waals surface area contributed by atoms with E-state index in [0.29, 0.717) is 24.1 Å². The lowest BCUT2D eigenvalue weighted by molar-refractivity contribution is 0.499. The number of aromatic nitrogens is 2. The zero-order valence-corrected chi connectivity index (χ0v) is 18.8. The third kappa shape index (κ3) is 5.65. The summed E-state index contributed by atoms with van der Waals surface area (Å²) >= 11 is 0. The Balaban J connectivity index is 0.00000280. The molecule has 8 heteroatoms. The Kier molecular flexibility index (Phi) is 8.21. The quantitative estimate of drug-likeness (QED) is 0.369. The molecular formula is C20H28F2IN5. The number of nitrogens with one attached hydrogen (secondary N) is 2. The lowest BCUT2D eigenvalue weighted by Crippen LogP contribution is -2.45. The highest BCUT2D eigenvalue weighted by atomic mass is 127. The fourth-order valence-electron chi connectivity index (χ4n) is 3.23. The third-order valence-electron chi connectivity index (χ3n) is 4.73. The van der Waals surface area contributed by atoms with Gasteiger partial charge in [-0.25, -0.2) is 13.8 Å². The molecule has 1 aliphatic rings. The Labute approximate surface area is 182 Å². The van der Waals surface area contributed by atoms with Gasteiger partial charge >= 0.3 is 0 Å². The van der Waals surface area contributed by atoms with Crippen molar-refractivity contribution in [3.63, 3.8) is 0 Å². The maximum atomic E-state index is 13.8. The van der Waals surface area contributed by atoms with Gasteiger partial charge in [0.15, 0.2) is 5.96 Å². The number of aryl methyl sites for hydroxylation is 1. The van der Waals surface area contributed by atoms with Crippen LogP contribution in [-0.4, -0.2) is 28.3 Å².